The highest BCUT2D eigenvalue weighted by atomic mass is 16.1. The molecule has 0 saturated carbocycles. The quantitative estimate of drug-likeness (QED) is 0.847. The molecule has 3 nitrogen and oxygen atoms in total. The highest BCUT2D eigenvalue weighted by Gasteiger charge is 2.26. The van der Waals surface area contributed by atoms with Gasteiger partial charge in [-0.15, -0.1) is 0 Å². The average molecular weight is 270 g/mol. The molecular formula is C17H22N2O. The predicted molar refractivity (Wildman–Crippen MR) is 80.6 cm³/mol. The Balaban J connectivity index is 2.31. The number of rotatable bonds is 4. The molecule has 106 valence electrons. The molecule has 0 fully saturated rings. The third-order valence-electron chi connectivity index (χ3n) is 3.56. The van der Waals surface area contributed by atoms with E-state index < -0.39 is 0 Å². The summed E-state index contributed by atoms with van der Waals surface area (Å²) in [6.07, 6.45) is 5.94. The molecule has 0 radical (unpaired) electrons. The van der Waals surface area contributed by atoms with E-state index in [0.717, 1.165) is 5.56 Å². The number of nitrogens with zero attached hydrogens (tertiary/aromatic N) is 2. The Labute approximate surface area is 120 Å². The normalized spacial score (nSPS) is 13.2. The Morgan fingerprint density at radius 1 is 1.25 bits per heavy atom. The van der Waals surface area contributed by atoms with Gasteiger partial charge in [0.05, 0.1) is 12.4 Å². The van der Waals surface area contributed by atoms with Crippen molar-refractivity contribution >= 4 is 5.78 Å². The second-order valence-electron chi connectivity index (χ2n) is 6.31. The second-order valence-corrected chi connectivity index (χ2v) is 6.31. The Morgan fingerprint density at radius 2 is 1.90 bits per heavy atom. The van der Waals surface area contributed by atoms with E-state index in [1.807, 2.05) is 31.5 Å². The lowest BCUT2D eigenvalue weighted by Crippen LogP contribution is -2.24. The lowest BCUT2D eigenvalue weighted by Gasteiger charge is -2.23. The largest absolute Gasteiger partial charge is 0.330 e. The van der Waals surface area contributed by atoms with Gasteiger partial charge in [0.1, 0.15) is 5.78 Å². The number of aryl methyl sites for hydroxylation is 1. The van der Waals surface area contributed by atoms with Crippen LogP contribution in [-0.4, -0.2) is 15.3 Å². The third kappa shape index (κ3) is 3.35. The first-order valence-corrected chi connectivity index (χ1v) is 6.95. The predicted octanol–water partition coefficient (Wildman–Crippen LogP) is 3.79. The fraction of sp³-hybridized carbons (Fsp3) is 0.412. The van der Waals surface area contributed by atoms with Crippen LogP contribution in [0.4, 0.5) is 0 Å². The molecule has 20 heavy (non-hydrogen) atoms. The van der Waals surface area contributed by atoms with E-state index >= 15 is 0 Å². The molecule has 0 saturated heterocycles. The van der Waals surface area contributed by atoms with Crippen molar-refractivity contribution < 1.29 is 4.79 Å². The van der Waals surface area contributed by atoms with Crippen molar-refractivity contribution in [2.75, 3.05) is 0 Å². The van der Waals surface area contributed by atoms with Gasteiger partial charge in [-0.1, -0.05) is 50.6 Å². The fourth-order valence-electron chi connectivity index (χ4n) is 2.12. The maximum absolute atomic E-state index is 12.4. The van der Waals surface area contributed by atoms with E-state index in [9.17, 15) is 4.79 Å². The summed E-state index contributed by atoms with van der Waals surface area (Å²) in [6.45, 7) is 7.97. The van der Waals surface area contributed by atoms with Crippen molar-refractivity contribution in [3.05, 3.63) is 54.1 Å². The Bertz CT molecular complexity index is 562. The van der Waals surface area contributed by atoms with E-state index in [2.05, 4.69) is 36.2 Å². The first-order chi connectivity index (χ1) is 9.38. The number of carbonyl (C=O) groups excluding carboxylic acids is 1. The summed E-state index contributed by atoms with van der Waals surface area (Å²) in [7, 11) is 0. The van der Waals surface area contributed by atoms with E-state index in [0.29, 0.717) is 6.42 Å². The summed E-state index contributed by atoms with van der Waals surface area (Å²) < 4.78 is 2.01. The third-order valence-corrected chi connectivity index (χ3v) is 3.56. The number of hydrogen-bond donors (Lipinski definition) is 0. The van der Waals surface area contributed by atoms with Crippen LogP contribution >= 0.6 is 0 Å². The molecule has 3 heteroatoms. The maximum atomic E-state index is 12.4. The molecule has 0 N–H and O–H groups in total. The number of Topliss-reactive ketones (excluding diaryl/α,β-unsaturated/α-hetero) is 1. The molecule has 2 rings (SSSR count). The van der Waals surface area contributed by atoms with Crippen LogP contribution in [0, 0.1) is 12.3 Å². The van der Waals surface area contributed by atoms with Gasteiger partial charge in [0, 0.05) is 24.2 Å². The van der Waals surface area contributed by atoms with Gasteiger partial charge in [-0.25, -0.2) is 4.98 Å². The summed E-state index contributed by atoms with van der Waals surface area (Å²) in [4.78, 5) is 16.5. The zero-order chi connectivity index (χ0) is 14.8. The minimum absolute atomic E-state index is 0.0184. The number of benzene rings is 1. The van der Waals surface area contributed by atoms with Crippen LogP contribution in [0.15, 0.2) is 43.0 Å². The Kier molecular flexibility index (Phi) is 4.07. The number of carbonyl (C=O) groups is 1. The molecule has 2 aromatic rings. The molecule has 0 spiro atoms. The molecule has 1 atom stereocenters. The lowest BCUT2D eigenvalue weighted by atomic mass is 9.85. The topological polar surface area (TPSA) is 34.9 Å². The molecule has 0 bridgehead atoms. The van der Waals surface area contributed by atoms with E-state index in [1.54, 1.807) is 12.5 Å². The van der Waals surface area contributed by atoms with Gasteiger partial charge in [-0.05, 0) is 12.5 Å². The van der Waals surface area contributed by atoms with E-state index in [-0.39, 0.29) is 17.2 Å². The minimum atomic E-state index is -0.316. The first-order valence-electron chi connectivity index (χ1n) is 6.95. The van der Waals surface area contributed by atoms with Crippen LogP contribution in [0.25, 0.3) is 0 Å². The molecule has 0 amide bonds. The van der Waals surface area contributed by atoms with Gasteiger partial charge in [-0.2, -0.15) is 0 Å². The van der Waals surface area contributed by atoms with Gasteiger partial charge in [-0.3, -0.25) is 4.79 Å². The van der Waals surface area contributed by atoms with Crippen LogP contribution in [0.3, 0.4) is 0 Å². The molecule has 0 aliphatic heterocycles. The Morgan fingerprint density at radius 3 is 2.40 bits per heavy atom. The number of imidazole rings is 1. The van der Waals surface area contributed by atoms with Crippen molar-refractivity contribution in [2.24, 2.45) is 5.41 Å². The highest BCUT2D eigenvalue weighted by Crippen LogP contribution is 2.27. The number of ketones is 1. The molecular weight excluding hydrogens is 248 g/mol. The van der Waals surface area contributed by atoms with Crippen molar-refractivity contribution in [3.8, 4) is 0 Å². The van der Waals surface area contributed by atoms with Gasteiger partial charge >= 0.3 is 0 Å². The summed E-state index contributed by atoms with van der Waals surface area (Å²) >= 11 is 0. The Hall–Kier alpha value is -1.90. The summed E-state index contributed by atoms with van der Waals surface area (Å²) in [5.74, 6) is 0.261. The van der Waals surface area contributed by atoms with Gasteiger partial charge in [0.25, 0.3) is 0 Å². The fourth-order valence-corrected chi connectivity index (χ4v) is 2.12. The molecule has 0 aliphatic rings. The lowest BCUT2D eigenvalue weighted by molar-refractivity contribution is -0.126. The minimum Gasteiger partial charge on any atom is -0.330 e. The van der Waals surface area contributed by atoms with Crippen molar-refractivity contribution in [1.82, 2.24) is 9.55 Å². The van der Waals surface area contributed by atoms with Crippen LogP contribution < -0.4 is 0 Å². The van der Waals surface area contributed by atoms with Crippen LogP contribution in [0.2, 0.25) is 0 Å². The molecule has 1 aromatic carbocycles. The zero-order valence-electron chi connectivity index (χ0n) is 12.6. The monoisotopic (exact) mass is 270 g/mol. The van der Waals surface area contributed by atoms with Crippen LogP contribution in [0.1, 0.15) is 44.4 Å². The maximum Gasteiger partial charge on any atom is 0.140 e. The highest BCUT2D eigenvalue weighted by molar-refractivity contribution is 5.84. The molecule has 1 unspecified atom stereocenters. The van der Waals surface area contributed by atoms with E-state index in [1.165, 1.54) is 5.56 Å². The summed E-state index contributed by atoms with van der Waals surface area (Å²) in [5, 5.41) is 0. The molecule has 1 aromatic heterocycles. The van der Waals surface area contributed by atoms with Gasteiger partial charge < -0.3 is 4.57 Å². The van der Waals surface area contributed by atoms with Crippen molar-refractivity contribution in [1.29, 1.82) is 0 Å². The van der Waals surface area contributed by atoms with Gasteiger partial charge in [0.15, 0.2) is 0 Å². The van der Waals surface area contributed by atoms with Crippen molar-refractivity contribution in [2.45, 2.75) is 40.2 Å². The molecule has 1 heterocycles. The number of aromatic nitrogens is 2. The standard InChI is InChI=1S/C17H22N2O/c1-13-5-7-14(8-6-13)15(19-10-9-18-12-19)11-16(20)17(2,3)4/h5-10,12,15H,11H2,1-4H3. The average Bonchev–Trinajstić information content (AvgIpc) is 2.89. The second kappa shape index (κ2) is 5.61. The summed E-state index contributed by atoms with van der Waals surface area (Å²) in [5.41, 5.74) is 2.05. The first kappa shape index (κ1) is 14.5. The van der Waals surface area contributed by atoms with E-state index in [4.69, 9.17) is 0 Å². The smallest absolute Gasteiger partial charge is 0.140 e. The van der Waals surface area contributed by atoms with Crippen LogP contribution in [0.5, 0.6) is 0 Å². The van der Waals surface area contributed by atoms with Crippen LogP contribution in [-0.2, 0) is 4.79 Å². The number of hydrogen-bond acceptors (Lipinski definition) is 2. The van der Waals surface area contributed by atoms with Gasteiger partial charge in [0.2, 0.25) is 0 Å². The summed E-state index contributed by atoms with van der Waals surface area (Å²) in [6, 6.07) is 8.37. The molecule has 0 aliphatic carbocycles. The SMILES string of the molecule is Cc1ccc(C(CC(=O)C(C)(C)C)n2ccnc2)cc1. The zero-order valence-corrected chi connectivity index (χ0v) is 12.6. The van der Waals surface area contributed by atoms with Crippen molar-refractivity contribution in [3.63, 3.8) is 0 Å².